The number of amides is 1. The van der Waals surface area contributed by atoms with Crippen LogP contribution in [0.5, 0.6) is 5.75 Å². The van der Waals surface area contributed by atoms with Crippen LogP contribution in [-0.4, -0.2) is 30.4 Å². The summed E-state index contributed by atoms with van der Waals surface area (Å²) in [6, 6.07) is 13.6. The molecule has 7 heteroatoms. The molecule has 3 N–H and O–H groups in total. The van der Waals surface area contributed by atoms with E-state index in [0.29, 0.717) is 16.7 Å². The predicted molar refractivity (Wildman–Crippen MR) is 90.8 cm³/mol. The van der Waals surface area contributed by atoms with E-state index in [9.17, 15) is 13.6 Å². The molecule has 0 saturated heterocycles. The Morgan fingerprint density at radius 1 is 1.16 bits per heavy atom. The molecule has 2 rings (SSSR count). The maximum atomic E-state index is 12.8. The normalized spacial score (nSPS) is 11.9. The van der Waals surface area contributed by atoms with Gasteiger partial charge in [-0.1, -0.05) is 42.5 Å². The van der Waals surface area contributed by atoms with Crippen molar-refractivity contribution in [3.8, 4) is 5.75 Å². The molecule has 0 heterocycles. The Labute approximate surface area is 144 Å². The third kappa shape index (κ3) is 4.32. The maximum absolute atomic E-state index is 12.8. The predicted octanol–water partition coefficient (Wildman–Crippen LogP) is 3.08. The first-order valence-corrected chi connectivity index (χ1v) is 7.53. The number of nitrogens with zero attached hydrogens (tertiary/aromatic N) is 1. The fourth-order valence-corrected chi connectivity index (χ4v) is 2.52. The van der Waals surface area contributed by atoms with Crippen molar-refractivity contribution < 1.29 is 18.3 Å². The topological polar surface area (TPSA) is 79.4 Å². The molecule has 0 saturated carbocycles. The number of carbonyl (C=O) groups is 1. The van der Waals surface area contributed by atoms with Gasteiger partial charge in [0.15, 0.2) is 5.96 Å². The zero-order chi connectivity index (χ0) is 18.6. The summed E-state index contributed by atoms with van der Waals surface area (Å²) in [7, 11) is 1.42. The van der Waals surface area contributed by atoms with Gasteiger partial charge in [-0.2, -0.15) is 8.78 Å². The van der Waals surface area contributed by atoms with E-state index in [-0.39, 0.29) is 17.6 Å². The highest BCUT2D eigenvalue weighted by Crippen LogP contribution is 2.30. The number of aryl methyl sites for hydroxylation is 1. The van der Waals surface area contributed by atoms with Crippen LogP contribution in [0.15, 0.2) is 48.5 Å². The summed E-state index contributed by atoms with van der Waals surface area (Å²) in [5, 5.41) is 7.48. The number of ether oxygens (including phenoxy) is 1. The quantitative estimate of drug-likeness (QED) is 0.644. The first kappa shape index (κ1) is 18.4. The summed E-state index contributed by atoms with van der Waals surface area (Å²) >= 11 is 0. The van der Waals surface area contributed by atoms with E-state index in [1.54, 1.807) is 43.3 Å². The molecule has 1 amide bonds. The lowest BCUT2D eigenvalue weighted by molar-refractivity contribution is -0.127. The number of rotatable bonds is 5. The van der Waals surface area contributed by atoms with E-state index >= 15 is 0 Å². The highest BCUT2D eigenvalue weighted by atomic mass is 19.3. The van der Waals surface area contributed by atoms with Crippen LogP contribution < -0.4 is 10.5 Å². The van der Waals surface area contributed by atoms with E-state index in [1.807, 2.05) is 6.07 Å². The molecule has 0 aromatic heterocycles. The molecule has 1 unspecified atom stereocenters. The number of nitrogens with two attached hydrogens (primary N) is 1. The molecule has 0 fully saturated rings. The van der Waals surface area contributed by atoms with Crippen LogP contribution in [0.1, 0.15) is 22.6 Å². The van der Waals surface area contributed by atoms with Gasteiger partial charge in [0.25, 0.3) is 0 Å². The molecule has 0 aliphatic heterocycles. The van der Waals surface area contributed by atoms with Gasteiger partial charge in [-0.25, -0.2) is 0 Å². The summed E-state index contributed by atoms with van der Waals surface area (Å²) in [6.45, 7) is -1.29. The van der Waals surface area contributed by atoms with Crippen molar-refractivity contribution in [2.45, 2.75) is 19.5 Å². The van der Waals surface area contributed by atoms with Crippen LogP contribution in [0.25, 0.3) is 0 Å². The van der Waals surface area contributed by atoms with Crippen molar-refractivity contribution in [1.82, 2.24) is 4.90 Å². The lowest BCUT2D eigenvalue weighted by Crippen LogP contribution is -2.41. The molecule has 5 nitrogen and oxygen atoms in total. The van der Waals surface area contributed by atoms with Crippen molar-refractivity contribution in [2.24, 2.45) is 5.73 Å². The van der Waals surface area contributed by atoms with E-state index in [2.05, 4.69) is 4.74 Å². The van der Waals surface area contributed by atoms with Crippen molar-refractivity contribution in [2.75, 3.05) is 7.05 Å². The van der Waals surface area contributed by atoms with Gasteiger partial charge < -0.3 is 10.5 Å². The number of nitrogens with one attached hydrogen (secondary N) is 1. The number of halogens is 2. The number of guanidine groups is 1. The Balaban J connectivity index is 2.47. The zero-order valence-corrected chi connectivity index (χ0v) is 13.9. The van der Waals surface area contributed by atoms with Crippen LogP contribution in [-0.2, 0) is 4.79 Å². The molecule has 2 aromatic carbocycles. The average molecular weight is 347 g/mol. The molecule has 0 aliphatic carbocycles. The van der Waals surface area contributed by atoms with E-state index in [4.69, 9.17) is 11.1 Å². The van der Waals surface area contributed by atoms with Crippen LogP contribution in [0.3, 0.4) is 0 Å². The Morgan fingerprint density at radius 3 is 2.32 bits per heavy atom. The first-order chi connectivity index (χ1) is 11.8. The van der Waals surface area contributed by atoms with Crippen molar-refractivity contribution >= 4 is 11.9 Å². The molecule has 0 spiro atoms. The largest absolute Gasteiger partial charge is 0.435 e. The number of hydrogen-bond donors (Lipinski definition) is 2. The SMILES string of the molecule is Cc1cc(C(C(=O)N(C)C(=N)N)c2ccccc2)ccc1OC(F)F. The fourth-order valence-electron chi connectivity index (χ4n) is 2.52. The Kier molecular flexibility index (Phi) is 5.69. The molecule has 0 aliphatic rings. The lowest BCUT2D eigenvalue weighted by Gasteiger charge is -2.24. The van der Waals surface area contributed by atoms with Gasteiger partial charge in [-0.15, -0.1) is 0 Å². The third-order valence-electron chi connectivity index (χ3n) is 3.82. The molecule has 0 radical (unpaired) electrons. The standard InChI is InChI=1S/C18H19F2N3O2/c1-11-10-13(8-9-14(11)25-17(19)20)15(12-6-4-3-5-7-12)16(24)23(2)18(21)22/h3-10,15,17H,1-2H3,(H3,21,22). The van der Waals surface area contributed by atoms with Gasteiger partial charge in [-0.05, 0) is 29.7 Å². The van der Waals surface area contributed by atoms with Gasteiger partial charge in [0.1, 0.15) is 5.75 Å². The van der Waals surface area contributed by atoms with Crippen molar-refractivity contribution in [3.05, 3.63) is 65.2 Å². The summed E-state index contributed by atoms with van der Waals surface area (Å²) in [5.74, 6) is -1.42. The minimum Gasteiger partial charge on any atom is -0.435 e. The molecular formula is C18H19F2N3O2. The highest BCUT2D eigenvalue weighted by molar-refractivity contribution is 5.99. The maximum Gasteiger partial charge on any atom is 0.387 e. The minimum absolute atomic E-state index is 0.0536. The van der Waals surface area contributed by atoms with E-state index in [0.717, 1.165) is 4.90 Å². The summed E-state index contributed by atoms with van der Waals surface area (Å²) in [4.78, 5) is 13.9. The van der Waals surface area contributed by atoms with Crippen LogP contribution in [0.4, 0.5) is 8.78 Å². The minimum atomic E-state index is -2.92. The van der Waals surface area contributed by atoms with Gasteiger partial charge >= 0.3 is 6.61 Å². The Hall–Kier alpha value is -2.96. The number of alkyl halides is 2. The summed E-state index contributed by atoms with van der Waals surface area (Å²) in [6.07, 6.45) is 0. The van der Waals surface area contributed by atoms with Gasteiger partial charge in [0.05, 0.1) is 5.92 Å². The Bertz CT molecular complexity index is 766. The highest BCUT2D eigenvalue weighted by Gasteiger charge is 2.27. The van der Waals surface area contributed by atoms with Crippen LogP contribution in [0, 0.1) is 12.3 Å². The van der Waals surface area contributed by atoms with Gasteiger partial charge in [0, 0.05) is 7.05 Å². The zero-order valence-electron chi connectivity index (χ0n) is 13.9. The second-order valence-electron chi connectivity index (χ2n) is 5.53. The number of carbonyl (C=O) groups excluding carboxylic acids is 1. The van der Waals surface area contributed by atoms with Crippen molar-refractivity contribution in [3.63, 3.8) is 0 Å². The second-order valence-corrected chi connectivity index (χ2v) is 5.53. The smallest absolute Gasteiger partial charge is 0.387 e. The third-order valence-corrected chi connectivity index (χ3v) is 3.82. The fraction of sp³-hybridized carbons (Fsp3) is 0.222. The lowest BCUT2D eigenvalue weighted by atomic mass is 9.89. The molecule has 0 bridgehead atoms. The first-order valence-electron chi connectivity index (χ1n) is 7.53. The van der Waals surface area contributed by atoms with Gasteiger partial charge in [0.2, 0.25) is 5.91 Å². The molecule has 2 aromatic rings. The molecule has 25 heavy (non-hydrogen) atoms. The monoisotopic (exact) mass is 347 g/mol. The average Bonchev–Trinajstić information content (AvgIpc) is 2.57. The van der Waals surface area contributed by atoms with Crippen molar-refractivity contribution in [1.29, 1.82) is 5.41 Å². The van der Waals surface area contributed by atoms with Crippen LogP contribution in [0.2, 0.25) is 0 Å². The number of hydrogen-bond acceptors (Lipinski definition) is 3. The van der Waals surface area contributed by atoms with E-state index < -0.39 is 12.5 Å². The molecule has 132 valence electrons. The molecule has 1 atom stereocenters. The van der Waals surface area contributed by atoms with Gasteiger partial charge in [-0.3, -0.25) is 15.1 Å². The van der Waals surface area contributed by atoms with E-state index in [1.165, 1.54) is 13.1 Å². The Morgan fingerprint density at radius 2 is 1.80 bits per heavy atom. The summed E-state index contributed by atoms with van der Waals surface area (Å²) < 4.78 is 29.3. The second kappa shape index (κ2) is 7.74. The number of benzene rings is 2. The van der Waals surface area contributed by atoms with Crippen LogP contribution >= 0.6 is 0 Å². The number of likely N-dealkylation sites (N-methyl/N-ethyl adjacent to an activating group) is 1. The molecular weight excluding hydrogens is 328 g/mol. The summed E-state index contributed by atoms with van der Waals surface area (Å²) in [5.41, 5.74) is 7.22.